The molecule has 3 saturated heterocycles. The third-order valence-corrected chi connectivity index (χ3v) is 9.91. The fourth-order valence-corrected chi connectivity index (χ4v) is 7.68. The molecule has 3 unspecified atom stereocenters. The van der Waals surface area contributed by atoms with Gasteiger partial charge in [0.15, 0.2) is 23.5 Å². The predicted octanol–water partition coefficient (Wildman–Crippen LogP) is 3.30. The molecule has 3 N–H and O–H groups in total. The number of piperidine rings is 1. The van der Waals surface area contributed by atoms with Gasteiger partial charge in [-0.2, -0.15) is 11.8 Å². The summed E-state index contributed by atoms with van der Waals surface area (Å²) in [5, 5.41) is 2.81. The van der Waals surface area contributed by atoms with Crippen molar-refractivity contribution in [3.05, 3.63) is 48.5 Å². The number of fused-ring (bicyclic) bond motifs is 2. The zero-order valence-corrected chi connectivity index (χ0v) is 29.1. The monoisotopic (exact) mass is 697 g/mol. The van der Waals surface area contributed by atoms with Crippen molar-refractivity contribution in [1.29, 1.82) is 0 Å². The van der Waals surface area contributed by atoms with Gasteiger partial charge >= 0.3 is 18.0 Å². The van der Waals surface area contributed by atoms with Crippen molar-refractivity contribution in [2.75, 3.05) is 31.1 Å². The minimum absolute atomic E-state index is 0.0532. The molecule has 0 bridgehead atoms. The number of carbonyl (C=O) groups is 3. The molecule has 0 spiro atoms. The molecular weight excluding hydrogens is 654 g/mol. The van der Waals surface area contributed by atoms with Crippen LogP contribution < -0.4 is 11.1 Å². The number of amides is 1. The number of anilines is 1. The molecule has 0 aliphatic carbocycles. The number of thioether (sulfide) groups is 1. The Morgan fingerprint density at radius 1 is 1.10 bits per heavy atom. The third-order valence-electron chi connectivity index (χ3n) is 8.49. The number of carbonyl (C=O) groups excluding carboxylic acids is 3. The molecule has 0 saturated carbocycles. The SMILES string of the molecule is CC(C)(C)OC(=O)NCCN1CCC(SC[C@H]2O[C@@H](n3cnc4c(N)ncnc43)[C@H]3OC(C)(C)OC23)CC1C(=O)OC(=O)c1ccccc1. The highest BCUT2D eigenvalue weighted by Crippen LogP contribution is 2.45. The summed E-state index contributed by atoms with van der Waals surface area (Å²) in [6.07, 6.45) is 2.03. The first kappa shape index (κ1) is 35.0. The molecule has 1 aromatic carbocycles. The summed E-state index contributed by atoms with van der Waals surface area (Å²) in [5.74, 6) is -1.31. The molecule has 3 fully saturated rings. The lowest BCUT2D eigenvalue weighted by Gasteiger charge is -2.38. The quantitative estimate of drug-likeness (QED) is 0.245. The Balaban J connectivity index is 1.12. The van der Waals surface area contributed by atoms with Crippen LogP contribution in [0.5, 0.6) is 0 Å². The van der Waals surface area contributed by atoms with Gasteiger partial charge in [0.25, 0.3) is 0 Å². The van der Waals surface area contributed by atoms with Gasteiger partial charge in [-0.3, -0.25) is 9.47 Å². The van der Waals surface area contributed by atoms with E-state index in [1.807, 2.05) is 18.7 Å². The number of nitrogens with two attached hydrogens (primary N) is 1. The number of nitrogen functional groups attached to an aromatic ring is 1. The van der Waals surface area contributed by atoms with E-state index in [2.05, 4.69) is 20.3 Å². The third kappa shape index (κ3) is 8.15. The normalized spacial score (nSPS) is 26.7. The molecule has 6 rings (SSSR count). The second-order valence-corrected chi connectivity index (χ2v) is 15.1. The Hall–Kier alpha value is -3.83. The van der Waals surface area contributed by atoms with E-state index in [9.17, 15) is 14.4 Å². The number of aromatic nitrogens is 4. The molecule has 1 amide bonds. The average Bonchev–Trinajstić information content (AvgIpc) is 3.71. The first-order chi connectivity index (χ1) is 23.3. The van der Waals surface area contributed by atoms with Crippen LogP contribution in [0.2, 0.25) is 0 Å². The van der Waals surface area contributed by atoms with E-state index >= 15 is 0 Å². The Labute approximate surface area is 288 Å². The van der Waals surface area contributed by atoms with Crippen LogP contribution in [0.3, 0.4) is 0 Å². The van der Waals surface area contributed by atoms with Gasteiger partial charge < -0.3 is 34.7 Å². The van der Waals surface area contributed by atoms with E-state index in [1.54, 1.807) is 73.8 Å². The number of rotatable bonds is 9. The summed E-state index contributed by atoms with van der Waals surface area (Å²) in [7, 11) is 0. The number of imidazole rings is 1. The van der Waals surface area contributed by atoms with Crippen LogP contribution >= 0.6 is 11.8 Å². The molecule has 3 aromatic rings. The summed E-state index contributed by atoms with van der Waals surface area (Å²) < 4.78 is 31.7. The average molecular weight is 698 g/mol. The van der Waals surface area contributed by atoms with Crippen LogP contribution in [0, 0.1) is 0 Å². The Kier molecular flexibility index (Phi) is 10.1. The van der Waals surface area contributed by atoms with Gasteiger partial charge in [0, 0.05) is 30.6 Å². The summed E-state index contributed by atoms with van der Waals surface area (Å²) in [6, 6.07) is 7.71. The molecule has 3 aliphatic rings. The maximum Gasteiger partial charge on any atom is 0.407 e. The number of hydrogen-bond acceptors (Lipinski definition) is 14. The van der Waals surface area contributed by atoms with E-state index in [0.29, 0.717) is 42.0 Å². The van der Waals surface area contributed by atoms with E-state index in [1.165, 1.54) is 6.33 Å². The van der Waals surface area contributed by atoms with Crippen LogP contribution in [-0.4, -0.2) is 109 Å². The van der Waals surface area contributed by atoms with Crippen LogP contribution in [0.1, 0.15) is 64.0 Å². The van der Waals surface area contributed by atoms with Crippen molar-refractivity contribution in [1.82, 2.24) is 29.7 Å². The zero-order chi connectivity index (χ0) is 34.9. The van der Waals surface area contributed by atoms with Crippen molar-refractivity contribution < 1.29 is 38.1 Å². The summed E-state index contributed by atoms with van der Waals surface area (Å²) in [4.78, 5) is 53.3. The largest absolute Gasteiger partial charge is 0.444 e. The lowest BCUT2D eigenvalue weighted by molar-refractivity contribution is -0.193. The second-order valence-electron chi connectivity index (χ2n) is 13.7. The summed E-state index contributed by atoms with van der Waals surface area (Å²) in [6.45, 7) is 10.3. The van der Waals surface area contributed by atoms with Gasteiger partial charge in [-0.1, -0.05) is 18.2 Å². The molecule has 5 heterocycles. The standard InChI is InChI=1S/C33H43N7O8S/c1-32(2,3)48-31(43)35-12-14-39-13-11-20(15-21(39)30(42)45-29(41)19-9-7-6-8-10-19)49-16-22-24-25(47-33(4,5)46-24)28(44-22)40-18-38-23-26(34)36-17-37-27(23)40/h6-10,17-18,20-22,24-25,28H,11-16H2,1-5H3,(H,35,43)(H2,34,36,37)/t20?,21?,22-,24?,25+,28-/m1/s1. The van der Waals surface area contributed by atoms with Crippen molar-refractivity contribution in [2.45, 2.75) is 94.7 Å². The Bertz CT molecular complexity index is 1670. The molecule has 0 radical (unpaired) electrons. The van der Waals surface area contributed by atoms with E-state index < -0.39 is 47.8 Å². The number of benzene rings is 1. The molecule has 49 heavy (non-hydrogen) atoms. The fourth-order valence-electron chi connectivity index (χ4n) is 6.36. The molecular formula is C33H43N7O8S. The van der Waals surface area contributed by atoms with Crippen molar-refractivity contribution >= 4 is 46.8 Å². The van der Waals surface area contributed by atoms with Crippen LogP contribution in [0.25, 0.3) is 11.2 Å². The van der Waals surface area contributed by atoms with E-state index in [-0.39, 0.29) is 29.8 Å². The highest BCUT2D eigenvalue weighted by molar-refractivity contribution is 7.99. The van der Waals surface area contributed by atoms with Gasteiger partial charge in [-0.25, -0.2) is 29.3 Å². The number of hydrogen-bond donors (Lipinski definition) is 2. The number of nitrogens with one attached hydrogen (secondary N) is 1. The van der Waals surface area contributed by atoms with Gasteiger partial charge in [0.05, 0.1) is 18.0 Å². The van der Waals surface area contributed by atoms with Gasteiger partial charge in [0.2, 0.25) is 0 Å². The highest BCUT2D eigenvalue weighted by Gasteiger charge is 2.56. The van der Waals surface area contributed by atoms with Crippen LogP contribution in [-0.2, 0) is 28.5 Å². The van der Waals surface area contributed by atoms with Crippen molar-refractivity contribution in [3.63, 3.8) is 0 Å². The maximum absolute atomic E-state index is 13.5. The smallest absolute Gasteiger partial charge is 0.407 e. The van der Waals surface area contributed by atoms with Gasteiger partial charge in [0.1, 0.15) is 35.7 Å². The molecule has 15 nitrogen and oxygen atoms in total. The summed E-state index contributed by atoms with van der Waals surface area (Å²) in [5.41, 5.74) is 6.71. The topological polar surface area (TPSA) is 182 Å². The first-order valence-corrected chi connectivity index (χ1v) is 17.4. The number of nitrogens with zero attached hydrogens (tertiary/aromatic N) is 5. The van der Waals surface area contributed by atoms with E-state index in [0.717, 1.165) is 6.42 Å². The second kappa shape index (κ2) is 14.2. The number of likely N-dealkylation sites (tertiary alicyclic amines) is 1. The molecule has 2 aromatic heterocycles. The fraction of sp³-hybridized carbons (Fsp3) is 0.576. The minimum atomic E-state index is -0.816. The van der Waals surface area contributed by atoms with E-state index in [4.69, 9.17) is 29.4 Å². The van der Waals surface area contributed by atoms with Gasteiger partial charge in [-0.15, -0.1) is 0 Å². The van der Waals surface area contributed by atoms with Crippen molar-refractivity contribution in [2.24, 2.45) is 0 Å². The zero-order valence-electron chi connectivity index (χ0n) is 28.2. The molecule has 264 valence electrons. The lowest BCUT2D eigenvalue weighted by Crippen LogP contribution is -2.51. The maximum atomic E-state index is 13.5. The predicted molar refractivity (Wildman–Crippen MR) is 179 cm³/mol. The number of esters is 2. The number of alkyl carbamates (subject to hydrolysis) is 1. The highest BCUT2D eigenvalue weighted by atomic mass is 32.2. The van der Waals surface area contributed by atoms with Crippen LogP contribution in [0.15, 0.2) is 43.0 Å². The number of ether oxygens (including phenoxy) is 5. The molecule has 6 atom stereocenters. The lowest BCUT2D eigenvalue weighted by atomic mass is 10.0. The Morgan fingerprint density at radius 2 is 1.86 bits per heavy atom. The minimum Gasteiger partial charge on any atom is -0.444 e. The van der Waals surface area contributed by atoms with Crippen LogP contribution in [0.4, 0.5) is 10.6 Å². The summed E-state index contributed by atoms with van der Waals surface area (Å²) >= 11 is 1.68. The Morgan fingerprint density at radius 3 is 2.61 bits per heavy atom. The van der Waals surface area contributed by atoms with Crippen molar-refractivity contribution in [3.8, 4) is 0 Å². The molecule has 3 aliphatic heterocycles. The van der Waals surface area contributed by atoms with Gasteiger partial charge in [-0.05, 0) is 59.6 Å². The molecule has 16 heteroatoms. The first-order valence-electron chi connectivity index (χ1n) is 16.4.